The molecule has 0 saturated heterocycles. The molecule has 1 atom stereocenters. The van der Waals surface area contributed by atoms with E-state index in [9.17, 15) is 21.6 Å². The van der Waals surface area contributed by atoms with Gasteiger partial charge in [-0.1, -0.05) is 48.5 Å². The first kappa shape index (κ1) is 25.5. The molecule has 0 saturated carbocycles. The van der Waals surface area contributed by atoms with E-state index in [4.69, 9.17) is 4.43 Å². The van der Waals surface area contributed by atoms with Crippen molar-refractivity contribution in [2.24, 2.45) is 10.8 Å². The number of hydrogen-bond acceptors (Lipinski definition) is 4. The lowest BCUT2D eigenvalue weighted by Crippen LogP contribution is -2.46. The van der Waals surface area contributed by atoms with Gasteiger partial charge in [-0.25, -0.2) is 0 Å². The number of hydrogen-bond donors (Lipinski definition) is 0. The summed E-state index contributed by atoms with van der Waals surface area (Å²) in [5, 5.41) is 0.0363. The van der Waals surface area contributed by atoms with Gasteiger partial charge >= 0.3 is 15.6 Å². The van der Waals surface area contributed by atoms with E-state index in [1.165, 1.54) is 6.08 Å². The third-order valence-corrected chi connectivity index (χ3v) is 11.0. The molecule has 0 bridgehead atoms. The van der Waals surface area contributed by atoms with E-state index in [1.54, 1.807) is 0 Å². The highest BCUT2D eigenvalue weighted by Gasteiger charge is 2.50. The lowest BCUT2D eigenvalue weighted by Gasteiger charge is -2.44. The smallest absolute Gasteiger partial charge is 0.414 e. The molecule has 4 nitrogen and oxygen atoms in total. The maximum atomic E-state index is 12.8. The van der Waals surface area contributed by atoms with Crippen LogP contribution in [0.2, 0.25) is 18.1 Å². The molecule has 0 fully saturated rings. The molecule has 0 aromatic carbocycles. The van der Waals surface area contributed by atoms with Gasteiger partial charge in [0.1, 0.15) is 5.76 Å². The zero-order valence-electron chi connectivity index (χ0n) is 18.5. The second-order valence-corrected chi connectivity index (χ2v) is 17.1. The summed E-state index contributed by atoms with van der Waals surface area (Å²) in [5.74, 6) is -0.155. The monoisotopic (exact) mass is 444 g/mol. The SMILES string of the molecule is CC1(C)C=C(OS(=O)(=O)C(F)(F)F)CC(C)(C)CC(O[Si](C)(C)C(C)(C)C)C1. The zero-order valence-corrected chi connectivity index (χ0v) is 20.3. The van der Waals surface area contributed by atoms with Crippen molar-refractivity contribution in [3.8, 4) is 0 Å². The Hall–Kier alpha value is -0.543. The van der Waals surface area contributed by atoms with E-state index in [2.05, 4.69) is 38.0 Å². The predicted octanol–water partition coefficient (Wildman–Crippen LogP) is 6.36. The van der Waals surface area contributed by atoms with Gasteiger partial charge in [-0.05, 0) is 47.9 Å². The van der Waals surface area contributed by atoms with Crippen LogP contribution >= 0.6 is 0 Å². The fourth-order valence-corrected chi connectivity index (χ4v) is 5.12. The second kappa shape index (κ2) is 7.61. The van der Waals surface area contributed by atoms with Gasteiger partial charge < -0.3 is 8.61 Å². The minimum atomic E-state index is -5.68. The van der Waals surface area contributed by atoms with Crippen molar-refractivity contribution in [2.75, 3.05) is 0 Å². The summed E-state index contributed by atoms with van der Waals surface area (Å²) in [7, 11) is -7.71. The molecule has 9 heteroatoms. The minimum Gasteiger partial charge on any atom is -0.414 e. The van der Waals surface area contributed by atoms with E-state index in [1.807, 2.05) is 27.7 Å². The molecule has 1 aliphatic rings. The Morgan fingerprint density at radius 3 is 2.00 bits per heavy atom. The molecule has 1 rings (SSSR count). The lowest BCUT2D eigenvalue weighted by atomic mass is 9.74. The zero-order chi connectivity index (χ0) is 22.4. The van der Waals surface area contributed by atoms with Crippen molar-refractivity contribution in [2.45, 2.75) is 97.5 Å². The highest BCUT2D eigenvalue weighted by Crippen LogP contribution is 2.45. The van der Waals surface area contributed by atoms with Crippen LogP contribution in [0.1, 0.15) is 67.7 Å². The van der Waals surface area contributed by atoms with Crippen molar-refractivity contribution in [1.29, 1.82) is 0 Å². The van der Waals surface area contributed by atoms with Crippen LogP contribution in [0.3, 0.4) is 0 Å². The van der Waals surface area contributed by atoms with Gasteiger partial charge in [-0.3, -0.25) is 0 Å². The Kier molecular flexibility index (Phi) is 6.93. The third-order valence-electron chi connectivity index (χ3n) is 5.51. The largest absolute Gasteiger partial charge is 0.534 e. The summed E-state index contributed by atoms with van der Waals surface area (Å²) in [6, 6.07) is 0. The van der Waals surface area contributed by atoms with Crippen molar-refractivity contribution in [1.82, 2.24) is 0 Å². The Bertz CT molecular complexity index is 702. The van der Waals surface area contributed by atoms with Crippen LogP contribution in [0.5, 0.6) is 0 Å². The predicted molar refractivity (Wildman–Crippen MR) is 108 cm³/mol. The van der Waals surface area contributed by atoms with Gasteiger partial charge in [0.15, 0.2) is 8.32 Å². The quantitative estimate of drug-likeness (QED) is 0.287. The van der Waals surface area contributed by atoms with Crippen LogP contribution in [0, 0.1) is 10.8 Å². The van der Waals surface area contributed by atoms with E-state index in [0.717, 1.165) is 0 Å². The Morgan fingerprint density at radius 1 is 1.07 bits per heavy atom. The summed E-state index contributed by atoms with van der Waals surface area (Å²) < 4.78 is 72.4. The maximum absolute atomic E-state index is 12.8. The van der Waals surface area contributed by atoms with Crippen LogP contribution in [0.25, 0.3) is 0 Å². The fourth-order valence-electron chi connectivity index (χ4n) is 3.28. The second-order valence-electron chi connectivity index (χ2n) is 10.8. The van der Waals surface area contributed by atoms with Gasteiger partial charge in [0, 0.05) is 12.5 Å². The average molecular weight is 445 g/mol. The molecule has 1 aliphatic carbocycles. The van der Waals surface area contributed by atoms with Crippen LogP contribution in [0.15, 0.2) is 11.8 Å². The van der Waals surface area contributed by atoms with E-state index in [0.29, 0.717) is 12.8 Å². The molecule has 1 unspecified atom stereocenters. The fraction of sp³-hybridized carbons (Fsp3) is 0.895. The number of alkyl halides is 3. The molecule has 0 N–H and O–H groups in total. The third kappa shape index (κ3) is 6.76. The van der Waals surface area contributed by atoms with Crippen molar-refractivity contribution in [3.63, 3.8) is 0 Å². The standard InChI is InChI=1S/C19H35F3O4SSi/c1-16(2,3)28(8,9)26-15-12-17(4,5)10-14(11-18(6,7)13-15)25-27(23,24)19(20,21)22/h10,15H,11-13H2,1-9H3. The first-order valence-electron chi connectivity index (χ1n) is 9.47. The number of rotatable bonds is 4. The summed E-state index contributed by atoms with van der Waals surface area (Å²) >= 11 is 0. The van der Waals surface area contributed by atoms with Gasteiger partial charge in [-0.15, -0.1) is 0 Å². The van der Waals surface area contributed by atoms with Gasteiger partial charge in [0.2, 0.25) is 0 Å². The molecule has 0 aromatic rings. The van der Waals surface area contributed by atoms with Crippen LogP contribution in [0.4, 0.5) is 13.2 Å². The molecule has 0 radical (unpaired) electrons. The molecule has 0 amide bonds. The Labute approximate surface area is 169 Å². The Morgan fingerprint density at radius 2 is 1.57 bits per heavy atom. The number of allylic oxidation sites excluding steroid dienone is 2. The minimum absolute atomic E-state index is 0.0363. The molecular weight excluding hydrogens is 409 g/mol. The van der Waals surface area contributed by atoms with E-state index < -0.39 is 34.8 Å². The molecule has 0 aromatic heterocycles. The molecule has 0 heterocycles. The lowest BCUT2D eigenvalue weighted by molar-refractivity contribution is -0.0529. The normalized spacial score (nSPS) is 24.1. The van der Waals surface area contributed by atoms with Crippen molar-refractivity contribution >= 4 is 18.4 Å². The average Bonchev–Trinajstić information content (AvgIpc) is 2.29. The molecule has 0 spiro atoms. The summed E-state index contributed by atoms with van der Waals surface area (Å²) in [6.07, 6.45) is 2.71. The van der Waals surface area contributed by atoms with E-state index in [-0.39, 0.29) is 23.3 Å². The number of halogens is 3. The van der Waals surface area contributed by atoms with Gasteiger partial charge in [0.05, 0.1) is 0 Å². The van der Waals surface area contributed by atoms with Crippen molar-refractivity contribution < 1.29 is 30.2 Å². The molecule has 0 aliphatic heterocycles. The summed E-state index contributed by atoms with van der Waals surface area (Å²) in [6.45, 7) is 18.3. The highest BCUT2D eigenvalue weighted by molar-refractivity contribution is 7.87. The van der Waals surface area contributed by atoms with Gasteiger partial charge in [0.25, 0.3) is 0 Å². The first-order chi connectivity index (χ1) is 12.1. The highest BCUT2D eigenvalue weighted by atomic mass is 32.2. The topological polar surface area (TPSA) is 52.6 Å². The molecule has 166 valence electrons. The van der Waals surface area contributed by atoms with E-state index >= 15 is 0 Å². The van der Waals surface area contributed by atoms with Crippen LogP contribution in [-0.4, -0.2) is 28.3 Å². The maximum Gasteiger partial charge on any atom is 0.534 e. The summed E-state index contributed by atoms with van der Waals surface area (Å²) in [4.78, 5) is 0. The van der Waals surface area contributed by atoms with Crippen molar-refractivity contribution in [3.05, 3.63) is 11.8 Å². The van der Waals surface area contributed by atoms with Crippen LogP contribution in [-0.2, 0) is 18.7 Å². The Balaban J connectivity index is 3.21. The van der Waals surface area contributed by atoms with Gasteiger partial charge in [-0.2, -0.15) is 21.6 Å². The molecular formula is C19H35F3O4SSi. The molecule has 28 heavy (non-hydrogen) atoms. The van der Waals surface area contributed by atoms with Crippen LogP contribution < -0.4 is 0 Å². The summed E-state index contributed by atoms with van der Waals surface area (Å²) in [5.41, 5.74) is -6.49. The first-order valence-corrected chi connectivity index (χ1v) is 13.8.